The smallest absolute Gasteiger partial charge is 0.459 e. The molecule has 0 aromatic carbocycles. The number of carbonyl (C=O) groups is 6. The fourth-order valence-electron chi connectivity index (χ4n) is 15.2. The molecule has 5 aromatic heterocycles. The van der Waals surface area contributed by atoms with E-state index in [1.165, 1.54) is 82.4 Å². The molecule has 5 aliphatic rings. The van der Waals surface area contributed by atoms with E-state index < -0.39 is 233 Å². The lowest BCUT2D eigenvalue weighted by atomic mass is 10.1. The maximum atomic E-state index is 13.2. The summed E-state index contributed by atoms with van der Waals surface area (Å²) in [5.41, 5.74) is -5.98. The molecular weight excluding hydrogens is 2050 g/mol. The first-order valence-corrected chi connectivity index (χ1v) is 62.3. The van der Waals surface area contributed by atoms with Crippen LogP contribution in [0.3, 0.4) is 0 Å². The highest BCUT2D eigenvalue weighted by molar-refractivity contribution is 7.73. The zero-order valence-corrected chi connectivity index (χ0v) is 90.7. The van der Waals surface area contributed by atoms with Gasteiger partial charge in [-0.05, 0) is 202 Å². The first-order valence-electron chi connectivity index (χ1n) is 46.2. The SMILES string of the molecule is C=P(C)(C)CC[C@H]1O[C@@H](n2cc(CN(CC(=O)OC(C)(C)C)C(=O)C(F)(F)F)c(=O)[nH]c2=O)[C@H](O)[C@@H]1O.C=P(C)(C)CC[C@H]1O[C@@H](n2cc(CNCC(C)=O)c(=O)[nH]c2=O)[C@H](O)[C@@H]1O.C=P(C)(C)CC[C@H]1O[C@@H](n2cc(CNCC(C)=O)c(=O)[nH]c2=O)[C@H](O)[C@@H]1O.C=P(C)(C)CC[C@H]1O[C@@H](n2cc(CNCC(C)=O)c(=O)[nH]c2=S)[C@H](O)[C@@H]1O.C=P(C)(C)CC[C@H]1O[C@@H](n2cc(CNCC(C)=O)c(=O)[nH]c2=S)[C@H](O)[C@@H]1O. The molecule has 20 atom stereocenters. The summed E-state index contributed by atoms with van der Waals surface area (Å²) in [6, 6.07) is 0. The van der Waals surface area contributed by atoms with Crippen molar-refractivity contribution in [1.29, 1.82) is 0 Å². The van der Waals surface area contributed by atoms with Crippen molar-refractivity contribution in [2.24, 2.45) is 0 Å². The molecule has 818 valence electrons. The topological polar surface area (TPSA) is 652 Å². The number of nitrogens with one attached hydrogen (secondary N) is 9. The number of H-pyrrole nitrogens is 5. The lowest BCUT2D eigenvalue weighted by Crippen LogP contribution is -2.46. The molecule has 5 saturated heterocycles. The maximum Gasteiger partial charge on any atom is 0.471 e. The third-order valence-corrected chi connectivity index (χ3v) is 30.7. The highest BCUT2D eigenvalue weighted by Crippen LogP contribution is 2.45. The molecule has 45 nitrogen and oxygen atoms in total. The van der Waals surface area contributed by atoms with Gasteiger partial charge in [-0.1, -0.05) is 0 Å². The number of aliphatic hydroxyl groups is 10. The van der Waals surface area contributed by atoms with E-state index in [4.69, 9.17) is 52.9 Å². The fourth-order valence-corrected chi connectivity index (χ4v) is 20.4. The van der Waals surface area contributed by atoms with Gasteiger partial charge in [0.25, 0.3) is 27.8 Å². The fraction of sp³-hybridized carbons (Fsp3) is 0.656. The van der Waals surface area contributed by atoms with Gasteiger partial charge in [-0.15, -0.1) is 65.9 Å². The van der Waals surface area contributed by atoms with Crippen molar-refractivity contribution in [2.45, 2.75) is 248 Å². The molecule has 1 amide bonds. The molecule has 19 N–H and O–H groups in total. The number of aromatic nitrogens is 10. The Kier molecular flexibility index (Phi) is 46.8. The average Bonchev–Trinajstić information content (AvgIpc) is 1.69. The van der Waals surface area contributed by atoms with Crippen molar-refractivity contribution in [1.82, 2.24) is 73.9 Å². The van der Waals surface area contributed by atoms with Crippen molar-refractivity contribution >= 4 is 125 Å². The molecule has 10 heterocycles. The van der Waals surface area contributed by atoms with Gasteiger partial charge in [0.05, 0.1) is 68.8 Å². The van der Waals surface area contributed by atoms with Crippen molar-refractivity contribution in [3.63, 3.8) is 0 Å². The monoisotopic (exact) mass is 2190 g/mol. The Bertz CT molecular complexity index is 5700. The number of nitrogens with zero attached hydrogens (tertiary/aromatic N) is 6. The standard InChI is InChI=1S/C22H33F3N3O8P.2C17H28N3O6P.2C17H28N3O5PS/c1-21(2,3)36-14(29)11-27(19(33)22(23,24)25)9-12-10-28(20(34)26-17(12)32)18-16(31)15(30)13(35-18)7-8-37(4,5)6;2*1-10(21)7-18-8-11-9-20(17(25)19-15(11)24)16-14(23)13(22)12(26-16)5-6-27(2,3)4;2*1-10(21)7-18-8-11-9-20(17(27)19-15(11)24)16-14(23)13(22)12(25-16)5-6-26(2,3)4/h10,13,15-16,18,30-31H,4,7-9,11H2,1-3,5-6H3,(H,26,32,34);2*9,12-14,16,18,22-23H,2,5-8H2,1,3-4H3,(H,19,24,25);2*9,12-14,16,18,22-23H,2,5-8H2,1,3-4H3,(H,19,24,27)/t13-,15-,16-,18-;4*12-,13-,14-,16-/m11111/s1. The van der Waals surface area contributed by atoms with Crippen LogP contribution in [0.4, 0.5) is 13.2 Å². The normalized spacial score (nSPS) is 24.9. The zero-order chi connectivity index (χ0) is 110. The first-order chi connectivity index (χ1) is 66.7. The molecule has 10 rings (SSSR count). The van der Waals surface area contributed by atoms with E-state index in [0.29, 0.717) is 49.4 Å². The van der Waals surface area contributed by atoms with E-state index in [1.807, 2.05) is 18.3 Å². The van der Waals surface area contributed by atoms with Crippen LogP contribution in [0.1, 0.15) is 140 Å². The number of amides is 1. The third-order valence-electron chi connectivity index (χ3n) is 22.7. The maximum absolute atomic E-state index is 13.2. The summed E-state index contributed by atoms with van der Waals surface area (Å²) in [4.78, 5) is 177. The number of alkyl halides is 3. The quantitative estimate of drug-likeness (QED) is 0.0127. The molecule has 5 fully saturated rings. The Hall–Kier alpha value is -7.61. The van der Waals surface area contributed by atoms with Crippen LogP contribution in [-0.2, 0) is 89.9 Å². The summed E-state index contributed by atoms with van der Waals surface area (Å²) in [6.07, 6.45) is 7.03. The van der Waals surface area contributed by atoms with E-state index in [9.17, 15) is 131 Å². The van der Waals surface area contributed by atoms with Crippen molar-refractivity contribution < 1.29 is 121 Å². The summed E-state index contributed by atoms with van der Waals surface area (Å²) in [5, 5.41) is 115. The van der Waals surface area contributed by atoms with Gasteiger partial charge >= 0.3 is 35.1 Å². The minimum atomic E-state index is -5.37. The van der Waals surface area contributed by atoms with Crippen LogP contribution in [0.5, 0.6) is 0 Å². The Morgan fingerprint density at radius 2 is 0.579 bits per heavy atom. The minimum absolute atomic E-state index is 0.0455. The summed E-state index contributed by atoms with van der Waals surface area (Å²) in [6.45, 7) is 22.8. The average molecular weight is 2190 g/mol. The molecule has 0 spiro atoms. The third kappa shape index (κ3) is 39.6. The largest absolute Gasteiger partial charge is 0.471 e. The van der Waals surface area contributed by atoms with Crippen molar-refractivity contribution in [3.05, 3.63) is 152 Å². The molecule has 0 aliphatic carbocycles. The molecule has 0 bridgehead atoms. The van der Waals surface area contributed by atoms with Gasteiger partial charge < -0.3 is 106 Å². The number of hydrogen-bond acceptors (Lipinski definition) is 36. The molecule has 0 saturated carbocycles. The number of carbonyl (C=O) groups excluding carboxylic acids is 6. The second kappa shape index (κ2) is 53.9. The van der Waals surface area contributed by atoms with Gasteiger partial charge in [-0.3, -0.25) is 100 Å². The van der Waals surface area contributed by atoms with Crippen LogP contribution >= 0.6 is 58.9 Å². The predicted molar refractivity (Wildman–Crippen MR) is 559 cm³/mol. The summed E-state index contributed by atoms with van der Waals surface area (Å²) in [5.74, 6) is -3.81. The van der Waals surface area contributed by atoms with Gasteiger partial charge in [0.1, 0.15) is 96.3 Å². The number of ether oxygens (including phenoxy) is 6. The number of esters is 1. The summed E-state index contributed by atoms with van der Waals surface area (Å²) < 4.78 is 79.4. The van der Waals surface area contributed by atoms with Crippen LogP contribution in [0.2, 0.25) is 0 Å². The number of ketones is 4. The van der Waals surface area contributed by atoms with Gasteiger partial charge in [0.2, 0.25) is 0 Å². The number of hydrogen-bond donors (Lipinski definition) is 19. The van der Waals surface area contributed by atoms with Crippen LogP contribution in [0, 0.1) is 9.54 Å². The molecule has 145 heavy (non-hydrogen) atoms. The van der Waals surface area contributed by atoms with Crippen molar-refractivity contribution in [2.75, 3.05) is 130 Å². The van der Waals surface area contributed by atoms with Crippen LogP contribution in [-0.4, -0.2) is 404 Å². The highest BCUT2D eigenvalue weighted by Gasteiger charge is 2.50. The molecule has 55 heteroatoms. The van der Waals surface area contributed by atoms with Gasteiger partial charge in [-0.25, -0.2) is 14.4 Å². The number of aromatic amines is 5. The minimum Gasteiger partial charge on any atom is -0.459 e. The second-order valence-corrected chi connectivity index (χ2v) is 63.4. The Balaban J connectivity index is 0.000000279. The second-order valence-electron chi connectivity index (χ2n) is 41.0. The van der Waals surface area contributed by atoms with Gasteiger partial charge in [0.15, 0.2) is 40.7 Å². The number of halogens is 3. The number of rotatable bonds is 40. The molecular formula is C90H145F3N15O30P5S2. The molecule has 0 unspecified atom stereocenters. The highest BCUT2D eigenvalue weighted by atomic mass is 32.1. The zero-order valence-electron chi connectivity index (χ0n) is 84.6. The Morgan fingerprint density at radius 1 is 0.372 bits per heavy atom. The van der Waals surface area contributed by atoms with E-state index in [2.05, 4.69) is 126 Å². The van der Waals surface area contributed by atoms with E-state index in [1.54, 1.807) is 0 Å². The lowest BCUT2D eigenvalue weighted by Gasteiger charge is -2.26. The van der Waals surface area contributed by atoms with E-state index >= 15 is 0 Å². The lowest BCUT2D eigenvalue weighted by molar-refractivity contribution is -0.188. The molecule has 0 radical (unpaired) electrons. The van der Waals surface area contributed by atoms with Crippen LogP contribution in [0.15, 0.2) is 69.3 Å². The van der Waals surface area contributed by atoms with Crippen LogP contribution in [0.25, 0.3) is 0 Å². The number of Topliss-reactive ketones (excluding diaryl/α,β-unsaturated/α-hetero) is 4. The number of aliphatic hydroxyl groups excluding tert-OH is 10. The summed E-state index contributed by atoms with van der Waals surface area (Å²) >= 11 is 10.4. The van der Waals surface area contributed by atoms with E-state index in [0.717, 1.165) is 44.5 Å². The Labute approximate surface area is 845 Å². The molecule has 5 aromatic rings. The van der Waals surface area contributed by atoms with E-state index in [-0.39, 0.29) is 112 Å². The first kappa shape index (κ1) is 126. The van der Waals surface area contributed by atoms with Crippen LogP contribution < -0.4 is 66.1 Å². The van der Waals surface area contributed by atoms with Crippen molar-refractivity contribution in [3.8, 4) is 0 Å². The summed E-state index contributed by atoms with van der Waals surface area (Å²) in [7, 11) is 0. The van der Waals surface area contributed by atoms with Gasteiger partial charge in [-0.2, -0.15) is 13.2 Å². The predicted octanol–water partition coefficient (Wildman–Crippen LogP) is -1.04. The Morgan fingerprint density at radius 3 is 0.793 bits per heavy atom. The molecule has 5 aliphatic heterocycles. The van der Waals surface area contributed by atoms with Gasteiger partial charge in [0, 0.05) is 79.4 Å².